The van der Waals surface area contributed by atoms with Crippen molar-refractivity contribution in [3.8, 4) is 17.5 Å². The van der Waals surface area contributed by atoms with Crippen molar-refractivity contribution in [1.82, 2.24) is 24.4 Å². The average molecular weight is 440 g/mol. The molecule has 168 valence electrons. The second kappa shape index (κ2) is 8.25. The van der Waals surface area contributed by atoms with Crippen LogP contribution in [0.4, 0.5) is 10.2 Å². The number of carbonyl (C=O) groups excluding carboxylic acids is 1. The molecule has 10 heteroatoms. The van der Waals surface area contributed by atoms with Gasteiger partial charge in [0.05, 0.1) is 7.11 Å². The Labute approximate surface area is 184 Å². The maximum Gasteiger partial charge on any atom is 0.304 e. The zero-order valence-electron chi connectivity index (χ0n) is 18.0. The van der Waals surface area contributed by atoms with E-state index in [1.165, 1.54) is 25.6 Å². The number of methoxy groups -OCH3 is 1. The molecule has 3 aromatic rings. The van der Waals surface area contributed by atoms with Crippen LogP contribution in [0.15, 0.2) is 24.5 Å². The third-order valence-electron chi connectivity index (χ3n) is 5.91. The Balaban J connectivity index is 1.38. The first-order valence-corrected chi connectivity index (χ1v) is 10.8. The maximum atomic E-state index is 14.1. The standard InChI is InChI=1S/C22H25FN6O3/c1-3-29-20-18(27-22(29)32-15-6-7-17(31-2)16(23)10-15)19(24-12-25-20)26-14-8-9-28(11-14)21(30)13-4-5-13/h6-7,10,12-14H,3-5,8-9,11H2,1-2H3,(H,24,25,26)/t14-/m0/s1. The second-order valence-electron chi connectivity index (χ2n) is 8.12. The van der Waals surface area contributed by atoms with Gasteiger partial charge in [0.15, 0.2) is 28.5 Å². The number of halogens is 1. The van der Waals surface area contributed by atoms with Gasteiger partial charge in [-0.3, -0.25) is 9.36 Å². The van der Waals surface area contributed by atoms with Crippen LogP contribution < -0.4 is 14.8 Å². The minimum absolute atomic E-state index is 0.0997. The zero-order valence-corrected chi connectivity index (χ0v) is 18.0. The fourth-order valence-corrected chi connectivity index (χ4v) is 4.06. The lowest BCUT2D eigenvalue weighted by atomic mass is 10.2. The van der Waals surface area contributed by atoms with E-state index in [9.17, 15) is 9.18 Å². The van der Waals surface area contributed by atoms with Gasteiger partial charge in [0.2, 0.25) is 5.91 Å². The molecule has 0 unspecified atom stereocenters. The fourth-order valence-electron chi connectivity index (χ4n) is 4.06. The van der Waals surface area contributed by atoms with Crippen molar-refractivity contribution in [3.63, 3.8) is 0 Å². The number of hydrogen-bond acceptors (Lipinski definition) is 7. The van der Waals surface area contributed by atoms with Gasteiger partial charge in [0, 0.05) is 37.7 Å². The van der Waals surface area contributed by atoms with Crippen LogP contribution >= 0.6 is 0 Å². The molecule has 1 saturated heterocycles. The Hall–Kier alpha value is -3.43. The number of rotatable bonds is 7. The van der Waals surface area contributed by atoms with Gasteiger partial charge >= 0.3 is 6.01 Å². The molecule has 1 atom stereocenters. The van der Waals surface area contributed by atoms with Crippen molar-refractivity contribution in [2.45, 2.75) is 38.8 Å². The van der Waals surface area contributed by atoms with E-state index >= 15 is 0 Å². The summed E-state index contributed by atoms with van der Waals surface area (Å²) in [5.41, 5.74) is 1.20. The number of amides is 1. The summed E-state index contributed by atoms with van der Waals surface area (Å²) >= 11 is 0. The maximum absolute atomic E-state index is 14.1. The lowest BCUT2D eigenvalue weighted by Crippen LogP contribution is -2.32. The Kier molecular flexibility index (Phi) is 5.28. The van der Waals surface area contributed by atoms with Gasteiger partial charge in [-0.1, -0.05) is 0 Å². The summed E-state index contributed by atoms with van der Waals surface area (Å²) in [6, 6.07) is 4.78. The van der Waals surface area contributed by atoms with Gasteiger partial charge < -0.3 is 19.7 Å². The molecule has 0 radical (unpaired) electrons. The van der Waals surface area contributed by atoms with Crippen LogP contribution in [0.2, 0.25) is 0 Å². The van der Waals surface area contributed by atoms with Crippen molar-refractivity contribution >= 4 is 22.9 Å². The fraction of sp³-hybridized carbons (Fsp3) is 0.455. The van der Waals surface area contributed by atoms with Crippen LogP contribution in [0, 0.1) is 11.7 Å². The van der Waals surface area contributed by atoms with Gasteiger partial charge in [-0.15, -0.1) is 0 Å². The number of likely N-dealkylation sites (tertiary alicyclic amines) is 1. The van der Waals surface area contributed by atoms with Crippen LogP contribution in [-0.4, -0.2) is 56.6 Å². The monoisotopic (exact) mass is 440 g/mol. The van der Waals surface area contributed by atoms with E-state index in [4.69, 9.17) is 9.47 Å². The second-order valence-corrected chi connectivity index (χ2v) is 8.12. The minimum Gasteiger partial charge on any atom is -0.494 e. The highest BCUT2D eigenvalue weighted by atomic mass is 19.1. The van der Waals surface area contributed by atoms with E-state index in [2.05, 4.69) is 20.3 Å². The van der Waals surface area contributed by atoms with E-state index in [0.29, 0.717) is 41.8 Å². The Morgan fingerprint density at radius 3 is 2.84 bits per heavy atom. The molecule has 9 nitrogen and oxygen atoms in total. The molecular weight excluding hydrogens is 415 g/mol. The molecule has 2 fully saturated rings. The largest absolute Gasteiger partial charge is 0.494 e. The quantitative estimate of drug-likeness (QED) is 0.603. The number of hydrogen-bond donors (Lipinski definition) is 1. The Morgan fingerprint density at radius 2 is 2.12 bits per heavy atom. The molecule has 1 N–H and O–H groups in total. The number of aryl methyl sites for hydroxylation is 1. The molecule has 1 aliphatic carbocycles. The number of ether oxygens (including phenoxy) is 2. The molecular formula is C22H25FN6O3. The van der Waals surface area contributed by atoms with Crippen LogP contribution in [0.25, 0.3) is 11.2 Å². The summed E-state index contributed by atoms with van der Waals surface area (Å²) in [6.45, 7) is 3.93. The van der Waals surface area contributed by atoms with Crippen molar-refractivity contribution in [3.05, 3.63) is 30.3 Å². The molecule has 5 rings (SSSR count). The molecule has 1 saturated carbocycles. The SMILES string of the molecule is CCn1c(Oc2ccc(OC)c(F)c2)nc2c(N[C@H]3CCN(C(=O)C4CC4)C3)ncnc21. The van der Waals surface area contributed by atoms with Crippen LogP contribution in [0.3, 0.4) is 0 Å². The van der Waals surface area contributed by atoms with Gasteiger partial charge in [-0.25, -0.2) is 14.4 Å². The van der Waals surface area contributed by atoms with Crippen LogP contribution in [0.1, 0.15) is 26.2 Å². The predicted molar refractivity (Wildman–Crippen MR) is 115 cm³/mol. The zero-order chi connectivity index (χ0) is 22.2. The van der Waals surface area contributed by atoms with Crippen molar-refractivity contribution in [2.75, 3.05) is 25.5 Å². The molecule has 2 aromatic heterocycles. The average Bonchev–Trinajstić information content (AvgIpc) is 3.43. The van der Waals surface area contributed by atoms with Gasteiger partial charge in [-0.05, 0) is 38.3 Å². The molecule has 2 aliphatic rings. The van der Waals surface area contributed by atoms with Gasteiger partial charge in [0.1, 0.15) is 12.1 Å². The summed E-state index contributed by atoms with van der Waals surface area (Å²) < 4.78 is 26.7. The van der Waals surface area contributed by atoms with E-state index in [1.54, 1.807) is 6.07 Å². The first-order valence-electron chi connectivity index (χ1n) is 10.8. The van der Waals surface area contributed by atoms with E-state index in [-0.39, 0.29) is 23.6 Å². The third-order valence-corrected chi connectivity index (χ3v) is 5.91. The number of fused-ring (bicyclic) bond motifs is 1. The predicted octanol–water partition coefficient (Wildman–Crippen LogP) is 3.21. The summed E-state index contributed by atoms with van der Waals surface area (Å²) in [5.74, 6) is 1.02. The summed E-state index contributed by atoms with van der Waals surface area (Å²) in [4.78, 5) is 27.7. The molecule has 1 aromatic carbocycles. The van der Waals surface area contributed by atoms with Crippen LogP contribution in [-0.2, 0) is 11.3 Å². The van der Waals surface area contributed by atoms with Crippen molar-refractivity contribution < 1.29 is 18.7 Å². The number of benzene rings is 1. The minimum atomic E-state index is -0.516. The lowest BCUT2D eigenvalue weighted by Gasteiger charge is -2.17. The molecule has 0 spiro atoms. The molecule has 0 bridgehead atoms. The normalized spacial score (nSPS) is 18.2. The Morgan fingerprint density at radius 1 is 1.28 bits per heavy atom. The van der Waals surface area contributed by atoms with Crippen molar-refractivity contribution in [1.29, 1.82) is 0 Å². The summed E-state index contributed by atoms with van der Waals surface area (Å²) in [6.07, 6.45) is 4.36. The molecule has 32 heavy (non-hydrogen) atoms. The third kappa shape index (κ3) is 3.80. The number of nitrogens with one attached hydrogen (secondary N) is 1. The number of imidazole rings is 1. The topological polar surface area (TPSA) is 94.4 Å². The summed E-state index contributed by atoms with van der Waals surface area (Å²) in [7, 11) is 1.41. The molecule has 3 heterocycles. The highest BCUT2D eigenvalue weighted by molar-refractivity contribution is 5.84. The van der Waals surface area contributed by atoms with Crippen LogP contribution in [0.5, 0.6) is 17.5 Å². The number of carbonyl (C=O) groups is 1. The van der Waals surface area contributed by atoms with Gasteiger partial charge in [-0.2, -0.15) is 4.98 Å². The first-order chi connectivity index (χ1) is 15.6. The van der Waals surface area contributed by atoms with E-state index in [0.717, 1.165) is 25.8 Å². The Bertz CT molecular complexity index is 1160. The first kappa shape index (κ1) is 20.5. The van der Waals surface area contributed by atoms with Gasteiger partial charge in [0.25, 0.3) is 0 Å². The summed E-state index contributed by atoms with van der Waals surface area (Å²) in [5, 5.41) is 3.43. The highest BCUT2D eigenvalue weighted by Crippen LogP contribution is 2.33. The molecule has 1 amide bonds. The van der Waals surface area contributed by atoms with E-state index in [1.807, 2.05) is 16.4 Å². The lowest BCUT2D eigenvalue weighted by molar-refractivity contribution is -0.131. The van der Waals surface area contributed by atoms with E-state index < -0.39 is 5.82 Å². The highest BCUT2D eigenvalue weighted by Gasteiger charge is 2.36. The number of aromatic nitrogens is 4. The number of anilines is 1. The smallest absolute Gasteiger partial charge is 0.304 e. The number of nitrogens with zero attached hydrogens (tertiary/aromatic N) is 5. The van der Waals surface area contributed by atoms with Crippen molar-refractivity contribution in [2.24, 2.45) is 5.92 Å². The molecule has 1 aliphatic heterocycles.